The first kappa shape index (κ1) is 20.0. The van der Waals surface area contributed by atoms with Crippen LogP contribution in [0.15, 0.2) is 0 Å². The van der Waals surface area contributed by atoms with E-state index in [1.807, 2.05) is 4.90 Å². The summed E-state index contributed by atoms with van der Waals surface area (Å²) in [6, 6.07) is 0. The van der Waals surface area contributed by atoms with Crippen LogP contribution in [0.5, 0.6) is 0 Å². The summed E-state index contributed by atoms with van der Waals surface area (Å²) in [5.41, 5.74) is 10.7. The lowest BCUT2D eigenvalue weighted by atomic mass is 9.87. The van der Waals surface area contributed by atoms with E-state index in [1.54, 1.807) is 0 Å². The molecule has 0 aromatic rings. The molecule has 0 aromatic heterocycles. The topological polar surface area (TPSA) is 180 Å². The molecule has 8 N–H and O–H groups in total. The van der Waals surface area contributed by atoms with E-state index in [9.17, 15) is 30.0 Å². The second-order valence-electron chi connectivity index (χ2n) is 6.85. The number of amides is 2. The third-order valence-corrected chi connectivity index (χ3v) is 5.05. The Morgan fingerprint density at radius 2 is 1.48 bits per heavy atom. The molecule has 25 heavy (non-hydrogen) atoms. The van der Waals surface area contributed by atoms with E-state index in [0.717, 1.165) is 0 Å². The van der Waals surface area contributed by atoms with E-state index in [1.165, 1.54) is 0 Å². The summed E-state index contributed by atoms with van der Waals surface area (Å²) in [6.07, 6.45) is -5.28. The molecule has 2 heterocycles. The number of piperidine rings is 1. The van der Waals surface area contributed by atoms with Crippen molar-refractivity contribution < 1.29 is 34.8 Å². The van der Waals surface area contributed by atoms with Gasteiger partial charge < -0.3 is 41.5 Å². The van der Waals surface area contributed by atoms with Crippen molar-refractivity contribution in [3.63, 3.8) is 0 Å². The summed E-state index contributed by atoms with van der Waals surface area (Å²) >= 11 is 0. The molecule has 0 radical (unpaired) electrons. The fourth-order valence-corrected chi connectivity index (χ4v) is 3.51. The number of nitrogens with zero attached hydrogens (tertiary/aromatic N) is 1. The van der Waals surface area contributed by atoms with Crippen molar-refractivity contribution in [2.45, 2.75) is 43.4 Å². The Morgan fingerprint density at radius 3 is 1.96 bits per heavy atom. The van der Waals surface area contributed by atoms with Crippen LogP contribution in [0.4, 0.5) is 0 Å². The first-order valence-electron chi connectivity index (χ1n) is 8.36. The molecule has 0 bridgehead atoms. The molecule has 2 aliphatic rings. The molecule has 7 atom stereocenters. The molecule has 0 spiro atoms. The van der Waals surface area contributed by atoms with Crippen LogP contribution >= 0.6 is 0 Å². The molecule has 0 saturated carbocycles. The average molecular weight is 361 g/mol. The summed E-state index contributed by atoms with van der Waals surface area (Å²) in [5, 5.41) is 38.8. The van der Waals surface area contributed by atoms with Gasteiger partial charge in [0.15, 0.2) is 0 Å². The van der Waals surface area contributed by atoms with Gasteiger partial charge in [0.25, 0.3) is 0 Å². The zero-order valence-corrected chi connectivity index (χ0v) is 13.9. The summed E-state index contributed by atoms with van der Waals surface area (Å²) in [5.74, 6) is -1.96. The molecule has 2 saturated heterocycles. The minimum atomic E-state index is -1.42. The standard InChI is InChI=1S/C15H27N3O7/c16-14(23)7-3-8(15(17)24)5-18(4-7)2-1-9-11(20)13(22)12(21)10(6-19)25-9/h7-13,19-22H,1-6H2,(H2,16,23)(H2,17,24)/t7-,8+,9-,10+,11-,12+,13+/m1/s1. The van der Waals surface area contributed by atoms with Gasteiger partial charge in [0.2, 0.25) is 11.8 Å². The zero-order chi connectivity index (χ0) is 18.7. The largest absolute Gasteiger partial charge is 0.394 e. The fourth-order valence-electron chi connectivity index (χ4n) is 3.51. The summed E-state index contributed by atoms with van der Waals surface area (Å²) in [6.45, 7) is 0.627. The monoisotopic (exact) mass is 361 g/mol. The fraction of sp³-hybridized carbons (Fsp3) is 0.867. The van der Waals surface area contributed by atoms with Gasteiger partial charge in [-0.15, -0.1) is 0 Å². The number of nitrogens with two attached hydrogens (primary N) is 2. The second-order valence-corrected chi connectivity index (χ2v) is 6.85. The van der Waals surface area contributed by atoms with Gasteiger partial charge in [-0.25, -0.2) is 0 Å². The van der Waals surface area contributed by atoms with Gasteiger partial charge in [0.1, 0.15) is 24.4 Å². The Balaban J connectivity index is 1.96. The molecule has 0 aliphatic carbocycles. The van der Waals surface area contributed by atoms with Crippen molar-refractivity contribution in [2.75, 3.05) is 26.2 Å². The molecule has 2 fully saturated rings. The average Bonchev–Trinajstić information content (AvgIpc) is 2.58. The third kappa shape index (κ3) is 4.66. The van der Waals surface area contributed by atoms with Crippen LogP contribution < -0.4 is 11.5 Å². The van der Waals surface area contributed by atoms with Gasteiger partial charge in [-0.3, -0.25) is 9.59 Å². The van der Waals surface area contributed by atoms with Gasteiger partial charge in [-0.1, -0.05) is 0 Å². The Hall–Kier alpha value is -1.30. The summed E-state index contributed by atoms with van der Waals surface area (Å²) in [4.78, 5) is 24.8. The van der Waals surface area contributed by atoms with Gasteiger partial charge in [-0.2, -0.15) is 0 Å². The number of carbonyl (C=O) groups excluding carboxylic acids is 2. The number of aliphatic hydroxyl groups excluding tert-OH is 4. The predicted molar refractivity (Wildman–Crippen MR) is 84.8 cm³/mol. The molecule has 2 amide bonds. The highest BCUT2D eigenvalue weighted by molar-refractivity contribution is 5.80. The molecule has 0 unspecified atom stereocenters. The lowest BCUT2D eigenvalue weighted by Crippen LogP contribution is -2.59. The van der Waals surface area contributed by atoms with Crippen LogP contribution in [0.2, 0.25) is 0 Å². The number of likely N-dealkylation sites (tertiary alicyclic amines) is 1. The number of aliphatic hydroxyl groups is 4. The minimum absolute atomic E-state index is 0.276. The van der Waals surface area contributed by atoms with E-state index in [2.05, 4.69) is 0 Å². The van der Waals surface area contributed by atoms with Crippen LogP contribution in [-0.4, -0.2) is 93.9 Å². The normalized spacial score (nSPS) is 39.9. The molecule has 144 valence electrons. The van der Waals surface area contributed by atoms with Crippen molar-refractivity contribution >= 4 is 11.8 Å². The predicted octanol–water partition coefficient (Wildman–Crippen LogP) is -3.87. The van der Waals surface area contributed by atoms with E-state index in [4.69, 9.17) is 16.2 Å². The Labute approximate surface area is 145 Å². The second kappa shape index (κ2) is 8.39. The van der Waals surface area contributed by atoms with E-state index in [0.29, 0.717) is 26.1 Å². The maximum atomic E-state index is 11.5. The van der Waals surface area contributed by atoms with Crippen molar-refractivity contribution in [1.29, 1.82) is 0 Å². The number of rotatable bonds is 6. The minimum Gasteiger partial charge on any atom is -0.394 e. The van der Waals surface area contributed by atoms with E-state index in [-0.39, 0.29) is 6.42 Å². The quantitative estimate of drug-likeness (QED) is 0.278. The molecular formula is C15H27N3O7. The summed E-state index contributed by atoms with van der Waals surface area (Å²) in [7, 11) is 0. The zero-order valence-electron chi connectivity index (χ0n) is 13.9. The molecule has 2 rings (SSSR count). The molecule has 0 aromatic carbocycles. The van der Waals surface area contributed by atoms with Crippen molar-refractivity contribution in [3.05, 3.63) is 0 Å². The SMILES string of the molecule is NC(=O)[C@@H]1C[C@H](C(N)=O)CN(CC[C@H]2O[C@@H](CO)[C@H](O)[C@@H](O)[C@@H]2O)C1. The smallest absolute Gasteiger partial charge is 0.221 e. The highest BCUT2D eigenvalue weighted by Crippen LogP contribution is 2.26. The highest BCUT2D eigenvalue weighted by Gasteiger charge is 2.43. The van der Waals surface area contributed by atoms with Crippen LogP contribution in [0.25, 0.3) is 0 Å². The number of hydrogen-bond donors (Lipinski definition) is 6. The van der Waals surface area contributed by atoms with E-state index >= 15 is 0 Å². The van der Waals surface area contributed by atoms with Crippen LogP contribution in [0, 0.1) is 11.8 Å². The van der Waals surface area contributed by atoms with Gasteiger partial charge in [-0.05, 0) is 12.8 Å². The van der Waals surface area contributed by atoms with Gasteiger partial charge >= 0.3 is 0 Å². The summed E-state index contributed by atoms with van der Waals surface area (Å²) < 4.78 is 5.45. The highest BCUT2D eigenvalue weighted by atomic mass is 16.5. The first-order valence-corrected chi connectivity index (χ1v) is 8.36. The van der Waals surface area contributed by atoms with Crippen molar-refractivity contribution in [1.82, 2.24) is 4.90 Å². The molecule has 2 aliphatic heterocycles. The number of hydrogen-bond acceptors (Lipinski definition) is 8. The third-order valence-electron chi connectivity index (χ3n) is 5.05. The van der Waals surface area contributed by atoms with E-state index < -0.39 is 60.8 Å². The number of carbonyl (C=O) groups is 2. The lowest BCUT2D eigenvalue weighted by Gasteiger charge is -2.41. The Bertz CT molecular complexity index is 468. The maximum Gasteiger partial charge on any atom is 0.221 e. The van der Waals surface area contributed by atoms with Crippen LogP contribution in [0.1, 0.15) is 12.8 Å². The maximum absolute atomic E-state index is 11.5. The van der Waals surface area contributed by atoms with Crippen LogP contribution in [-0.2, 0) is 14.3 Å². The molecular weight excluding hydrogens is 334 g/mol. The number of ether oxygens (including phenoxy) is 1. The first-order chi connectivity index (χ1) is 11.7. The Kier molecular flexibility index (Phi) is 6.72. The number of primary amides is 2. The van der Waals surface area contributed by atoms with Gasteiger partial charge in [0.05, 0.1) is 24.5 Å². The van der Waals surface area contributed by atoms with Crippen molar-refractivity contribution in [2.24, 2.45) is 23.3 Å². The Morgan fingerprint density at radius 1 is 0.960 bits per heavy atom. The van der Waals surface area contributed by atoms with Crippen molar-refractivity contribution in [3.8, 4) is 0 Å². The van der Waals surface area contributed by atoms with Crippen LogP contribution in [0.3, 0.4) is 0 Å². The molecule has 10 nitrogen and oxygen atoms in total. The lowest BCUT2D eigenvalue weighted by molar-refractivity contribution is -0.231. The van der Waals surface area contributed by atoms with Gasteiger partial charge in [0, 0.05) is 19.6 Å². The molecule has 10 heteroatoms.